The summed E-state index contributed by atoms with van der Waals surface area (Å²) < 4.78 is 5.88. The zero-order valence-corrected chi connectivity index (χ0v) is 14.7. The Morgan fingerprint density at radius 1 is 0.846 bits per heavy atom. The maximum atomic E-state index is 10.4. The Bertz CT molecular complexity index is 676. The highest BCUT2D eigenvalue weighted by atomic mass is 16.5. The minimum Gasteiger partial charge on any atom is -0.396 e. The molecule has 140 valence electrons. The fraction of sp³-hybridized carbons (Fsp3) is 0.429. The Balaban J connectivity index is 1.70. The maximum Gasteiger partial charge on any atom is 0.0990 e. The minimum atomic E-state index is -0.923. The second-order valence-electron chi connectivity index (χ2n) is 6.92. The number of aryl methyl sites for hydroxylation is 2. The van der Waals surface area contributed by atoms with Gasteiger partial charge in [0.2, 0.25) is 0 Å². The molecule has 1 heterocycles. The molecule has 5 N–H and O–H groups in total. The Morgan fingerprint density at radius 2 is 1.46 bits per heavy atom. The van der Waals surface area contributed by atoms with Gasteiger partial charge in [-0.05, 0) is 29.5 Å². The second kappa shape index (κ2) is 8.75. The van der Waals surface area contributed by atoms with Crippen molar-refractivity contribution in [1.82, 2.24) is 0 Å². The zero-order valence-electron chi connectivity index (χ0n) is 14.7. The molecule has 0 unspecified atom stereocenters. The van der Waals surface area contributed by atoms with Crippen LogP contribution in [0.5, 0.6) is 0 Å². The first-order chi connectivity index (χ1) is 12.6. The average molecular weight is 357 g/mol. The van der Waals surface area contributed by atoms with E-state index < -0.39 is 30.3 Å². The van der Waals surface area contributed by atoms with Crippen molar-refractivity contribution in [2.24, 2.45) is 11.7 Å². The van der Waals surface area contributed by atoms with Crippen LogP contribution in [0.15, 0.2) is 54.6 Å². The molecule has 3 rings (SSSR count). The number of hydrogen-bond donors (Lipinski definition) is 4. The fourth-order valence-corrected chi connectivity index (χ4v) is 3.57. The molecule has 0 saturated carbocycles. The summed E-state index contributed by atoms with van der Waals surface area (Å²) in [5, 5.41) is 29.5. The van der Waals surface area contributed by atoms with E-state index in [0.29, 0.717) is 0 Å². The number of aliphatic hydroxyl groups excluding tert-OH is 3. The molecule has 1 fully saturated rings. The van der Waals surface area contributed by atoms with Crippen LogP contribution in [0.3, 0.4) is 0 Å². The number of hydrogen-bond acceptors (Lipinski definition) is 5. The van der Waals surface area contributed by atoms with E-state index in [9.17, 15) is 15.3 Å². The number of aliphatic hydroxyl groups is 3. The van der Waals surface area contributed by atoms with Crippen LogP contribution in [0.25, 0.3) is 0 Å². The summed E-state index contributed by atoms with van der Waals surface area (Å²) >= 11 is 0. The quantitative estimate of drug-likeness (QED) is 0.623. The van der Waals surface area contributed by atoms with Crippen LogP contribution in [-0.2, 0) is 17.6 Å². The molecule has 1 saturated heterocycles. The Kier molecular flexibility index (Phi) is 6.40. The molecule has 0 spiro atoms. The van der Waals surface area contributed by atoms with E-state index in [0.717, 1.165) is 18.4 Å². The zero-order chi connectivity index (χ0) is 18.5. The first-order valence-corrected chi connectivity index (χ1v) is 9.07. The maximum absolute atomic E-state index is 10.4. The van der Waals surface area contributed by atoms with E-state index in [1.807, 2.05) is 42.5 Å². The van der Waals surface area contributed by atoms with Crippen LogP contribution in [0, 0.1) is 5.92 Å². The fourth-order valence-electron chi connectivity index (χ4n) is 3.57. The summed E-state index contributed by atoms with van der Waals surface area (Å²) in [5.41, 5.74) is 9.30. The van der Waals surface area contributed by atoms with Gasteiger partial charge in [-0.15, -0.1) is 0 Å². The molecule has 0 radical (unpaired) electrons. The SMILES string of the molecule is N[C@@H]1[C@H](O)[C@H](CO)[C@H](c2ccc(CCc3ccccc3)cc2)O[C@@H]1CO. The molecule has 1 aliphatic heterocycles. The van der Waals surface area contributed by atoms with Gasteiger partial charge in [0.15, 0.2) is 0 Å². The van der Waals surface area contributed by atoms with Crippen molar-refractivity contribution in [2.45, 2.75) is 37.2 Å². The van der Waals surface area contributed by atoms with Crippen LogP contribution in [-0.4, -0.2) is 46.8 Å². The molecule has 0 aliphatic carbocycles. The van der Waals surface area contributed by atoms with Crippen molar-refractivity contribution in [2.75, 3.05) is 13.2 Å². The number of nitrogens with two attached hydrogens (primary N) is 1. The third kappa shape index (κ3) is 4.14. The summed E-state index contributed by atoms with van der Waals surface area (Å²) in [4.78, 5) is 0. The summed E-state index contributed by atoms with van der Waals surface area (Å²) in [5.74, 6) is -0.511. The molecule has 5 heteroatoms. The van der Waals surface area contributed by atoms with E-state index in [2.05, 4.69) is 12.1 Å². The highest BCUT2D eigenvalue weighted by molar-refractivity contribution is 5.27. The van der Waals surface area contributed by atoms with Crippen molar-refractivity contribution in [3.05, 3.63) is 71.3 Å². The molecule has 0 amide bonds. The highest BCUT2D eigenvalue weighted by Crippen LogP contribution is 2.36. The Hall–Kier alpha value is -1.76. The van der Waals surface area contributed by atoms with Gasteiger partial charge in [0.25, 0.3) is 0 Å². The van der Waals surface area contributed by atoms with Crippen LogP contribution in [0.1, 0.15) is 22.8 Å². The van der Waals surface area contributed by atoms with Gasteiger partial charge in [0, 0.05) is 5.92 Å². The molecule has 1 aliphatic rings. The van der Waals surface area contributed by atoms with Gasteiger partial charge >= 0.3 is 0 Å². The van der Waals surface area contributed by atoms with Crippen LogP contribution in [0.4, 0.5) is 0 Å². The number of benzene rings is 2. The van der Waals surface area contributed by atoms with E-state index in [-0.39, 0.29) is 13.2 Å². The predicted octanol–water partition coefficient (Wildman–Crippen LogP) is 1.20. The lowest BCUT2D eigenvalue weighted by Gasteiger charge is -2.42. The van der Waals surface area contributed by atoms with Gasteiger partial charge in [-0.3, -0.25) is 0 Å². The molecule has 5 atom stereocenters. The minimum absolute atomic E-state index is 0.229. The van der Waals surface area contributed by atoms with Gasteiger partial charge in [0.1, 0.15) is 0 Å². The van der Waals surface area contributed by atoms with Gasteiger partial charge in [-0.25, -0.2) is 0 Å². The lowest BCUT2D eigenvalue weighted by Crippen LogP contribution is -2.57. The second-order valence-corrected chi connectivity index (χ2v) is 6.92. The number of ether oxygens (including phenoxy) is 1. The van der Waals surface area contributed by atoms with Crippen molar-refractivity contribution >= 4 is 0 Å². The molecule has 2 aromatic carbocycles. The Morgan fingerprint density at radius 3 is 2.04 bits per heavy atom. The normalized spacial score (nSPS) is 28.8. The third-order valence-corrected chi connectivity index (χ3v) is 5.22. The van der Waals surface area contributed by atoms with Crippen LogP contribution < -0.4 is 5.73 Å². The molecule has 0 bridgehead atoms. The van der Waals surface area contributed by atoms with E-state index in [1.54, 1.807) is 0 Å². The van der Waals surface area contributed by atoms with Crippen LogP contribution in [0.2, 0.25) is 0 Å². The Labute approximate surface area is 154 Å². The molecular weight excluding hydrogens is 330 g/mol. The highest BCUT2D eigenvalue weighted by Gasteiger charge is 2.43. The number of rotatable bonds is 6. The lowest BCUT2D eigenvalue weighted by molar-refractivity contribution is -0.170. The summed E-state index contributed by atoms with van der Waals surface area (Å²) in [7, 11) is 0. The van der Waals surface area contributed by atoms with Crippen molar-refractivity contribution in [1.29, 1.82) is 0 Å². The summed E-state index contributed by atoms with van der Waals surface area (Å²) in [6.07, 6.45) is -0.148. The van der Waals surface area contributed by atoms with E-state index >= 15 is 0 Å². The summed E-state index contributed by atoms with van der Waals surface area (Å²) in [6.45, 7) is -0.491. The molecular formula is C21H27NO4. The van der Waals surface area contributed by atoms with Gasteiger partial charge < -0.3 is 25.8 Å². The predicted molar refractivity (Wildman–Crippen MR) is 99.5 cm³/mol. The van der Waals surface area contributed by atoms with E-state index in [1.165, 1.54) is 11.1 Å². The van der Waals surface area contributed by atoms with Crippen molar-refractivity contribution in [3.8, 4) is 0 Å². The topological polar surface area (TPSA) is 95.9 Å². The lowest BCUT2D eigenvalue weighted by atomic mass is 9.83. The molecule has 5 nitrogen and oxygen atoms in total. The molecule has 26 heavy (non-hydrogen) atoms. The average Bonchev–Trinajstić information content (AvgIpc) is 2.69. The van der Waals surface area contributed by atoms with Crippen molar-refractivity contribution < 1.29 is 20.1 Å². The molecule has 2 aromatic rings. The van der Waals surface area contributed by atoms with Crippen molar-refractivity contribution in [3.63, 3.8) is 0 Å². The first kappa shape index (κ1) is 19.0. The third-order valence-electron chi connectivity index (χ3n) is 5.22. The smallest absolute Gasteiger partial charge is 0.0990 e. The summed E-state index contributed by atoms with van der Waals surface area (Å²) in [6, 6.07) is 17.7. The van der Waals surface area contributed by atoms with Crippen LogP contribution >= 0.6 is 0 Å². The van der Waals surface area contributed by atoms with E-state index in [4.69, 9.17) is 10.5 Å². The molecule has 0 aromatic heterocycles. The van der Waals surface area contributed by atoms with Gasteiger partial charge in [-0.1, -0.05) is 54.6 Å². The standard InChI is InChI=1S/C21H27NO4/c22-19-18(13-24)26-21(17(12-23)20(19)25)16-10-8-15(9-11-16)7-6-14-4-2-1-3-5-14/h1-5,8-11,17-21,23-25H,6-7,12-13,22H2/t17-,18+,19-,20+,21-/m0/s1. The largest absolute Gasteiger partial charge is 0.396 e. The van der Waals surface area contributed by atoms with Gasteiger partial charge in [0.05, 0.1) is 37.6 Å². The van der Waals surface area contributed by atoms with Gasteiger partial charge in [-0.2, -0.15) is 0 Å². The monoisotopic (exact) mass is 357 g/mol. The first-order valence-electron chi connectivity index (χ1n) is 9.07.